The number of ether oxygens (including phenoxy) is 1. The molecule has 5 aromatic rings. The van der Waals surface area contributed by atoms with Crippen molar-refractivity contribution in [3.8, 4) is 11.3 Å². The Morgan fingerprint density at radius 2 is 1.29 bits per heavy atom. The molecule has 0 saturated heterocycles. The normalized spacial score (nSPS) is 12.1. The second-order valence-electron chi connectivity index (χ2n) is 9.47. The number of carbonyl (C=O) groups excluding carboxylic acids is 1. The maximum absolute atomic E-state index is 13.9. The van der Waals surface area contributed by atoms with Crippen molar-refractivity contribution < 1.29 is 22.7 Å². The summed E-state index contributed by atoms with van der Waals surface area (Å²) in [5.74, 6) is -1.09. The van der Waals surface area contributed by atoms with E-state index in [-0.39, 0.29) is 23.1 Å². The summed E-state index contributed by atoms with van der Waals surface area (Å²) in [6.07, 6.45) is -4.59. The van der Waals surface area contributed by atoms with E-state index in [4.69, 9.17) is 0 Å². The van der Waals surface area contributed by atoms with Crippen molar-refractivity contribution in [2.45, 2.75) is 12.5 Å². The molecule has 9 heteroatoms. The van der Waals surface area contributed by atoms with Gasteiger partial charge in [0.2, 0.25) is 0 Å². The van der Waals surface area contributed by atoms with Gasteiger partial charge in [0.15, 0.2) is 0 Å². The van der Waals surface area contributed by atoms with Crippen LogP contribution in [0.4, 0.5) is 13.2 Å². The number of aromatic nitrogens is 2. The van der Waals surface area contributed by atoms with Crippen LogP contribution in [0.5, 0.6) is 0 Å². The van der Waals surface area contributed by atoms with E-state index in [0.717, 1.165) is 35.2 Å². The second kappa shape index (κ2) is 11.5. The summed E-state index contributed by atoms with van der Waals surface area (Å²) in [5.41, 5.74) is -1.83. The van der Waals surface area contributed by atoms with Crippen LogP contribution in [0.3, 0.4) is 0 Å². The monoisotopic (exact) mass is 574 g/mol. The van der Waals surface area contributed by atoms with Gasteiger partial charge in [0.25, 0.3) is 0 Å². The van der Waals surface area contributed by atoms with Crippen molar-refractivity contribution in [2.24, 2.45) is 0 Å². The quantitative estimate of drug-likeness (QED) is 0.193. The Kier molecular flexibility index (Phi) is 7.86. The van der Waals surface area contributed by atoms with Gasteiger partial charge in [-0.15, -0.1) is 0 Å². The van der Waals surface area contributed by atoms with Crippen LogP contribution in [0, 0.1) is 0 Å². The van der Waals surface area contributed by atoms with E-state index in [2.05, 4.69) is 9.84 Å². The molecule has 0 aliphatic heterocycles. The molecule has 0 radical (unpaired) electrons. The molecule has 0 saturated carbocycles. The first-order valence-electron chi connectivity index (χ1n) is 12.8. The minimum atomic E-state index is -4.80. The molecule has 0 atom stereocenters. The van der Waals surface area contributed by atoms with Gasteiger partial charge < -0.3 is 0 Å². The Balaban J connectivity index is 1.70. The predicted octanol–water partition coefficient (Wildman–Crippen LogP) is 5.40. The number of alkyl halides is 3. The van der Waals surface area contributed by atoms with Gasteiger partial charge in [-0.05, 0) is 0 Å². The Hall–Kier alpha value is -4.55. The van der Waals surface area contributed by atoms with Gasteiger partial charge in [0.05, 0.1) is 0 Å². The van der Waals surface area contributed by atoms with Gasteiger partial charge in [-0.1, -0.05) is 0 Å². The third-order valence-corrected chi connectivity index (χ3v) is 11.8. The molecule has 1 aromatic heterocycles. The zero-order valence-corrected chi connectivity index (χ0v) is 23.0. The molecule has 0 aliphatic rings. The number of benzene rings is 4. The molecule has 5 rings (SSSR count). The van der Waals surface area contributed by atoms with Crippen molar-refractivity contribution >= 4 is 29.1 Å². The van der Waals surface area contributed by atoms with Crippen LogP contribution in [0.1, 0.15) is 15.9 Å². The Morgan fingerprint density at radius 1 is 0.780 bits per heavy atom. The zero-order chi connectivity index (χ0) is 29.0. The number of esters is 1. The maximum atomic E-state index is 13.9. The van der Waals surface area contributed by atoms with Crippen molar-refractivity contribution in [1.29, 1.82) is 0 Å². The average molecular weight is 575 g/mol. The first-order valence-corrected chi connectivity index (χ1v) is 15.0. The summed E-state index contributed by atoms with van der Waals surface area (Å²) in [7, 11) is -1.91. The predicted molar refractivity (Wildman–Crippen MR) is 157 cm³/mol. The summed E-state index contributed by atoms with van der Waals surface area (Å²) in [6.45, 7) is 0. The third-order valence-electron chi connectivity index (χ3n) is 7.08. The fourth-order valence-corrected chi connectivity index (χ4v) is 9.62. The van der Waals surface area contributed by atoms with Gasteiger partial charge in [-0.3, -0.25) is 0 Å². The number of halogens is 3. The van der Waals surface area contributed by atoms with Crippen LogP contribution in [0.15, 0.2) is 126 Å². The number of nitrogens with zero attached hydrogens (tertiary/aromatic N) is 2. The molecule has 0 unspecified atom stereocenters. The van der Waals surface area contributed by atoms with E-state index in [1.807, 2.05) is 91.0 Å². The van der Waals surface area contributed by atoms with E-state index in [9.17, 15) is 22.8 Å². The van der Waals surface area contributed by atoms with Crippen LogP contribution >= 0.6 is 7.26 Å². The van der Waals surface area contributed by atoms with E-state index < -0.39 is 30.5 Å². The molecule has 0 bridgehead atoms. The number of hydrogen-bond acceptors (Lipinski definition) is 4. The fourth-order valence-electron chi connectivity index (χ4n) is 5.11. The van der Waals surface area contributed by atoms with Crippen molar-refractivity contribution in [1.82, 2.24) is 9.78 Å². The molecule has 41 heavy (non-hydrogen) atoms. The molecule has 0 fully saturated rings. The molecule has 0 amide bonds. The van der Waals surface area contributed by atoms with Gasteiger partial charge in [0, 0.05) is 0 Å². The van der Waals surface area contributed by atoms with Crippen LogP contribution in [-0.2, 0) is 17.2 Å². The molecule has 208 valence electrons. The molecule has 1 heterocycles. The van der Waals surface area contributed by atoms with Gasteiger partial charge in [-0.2, -0.15) is 0 Å². The molecular weight excluding hydrogens is 548 g/mol. The van der Waals surface area contributed by atoms with Crippen LogP contribution in [0.25, 0.3) is 11.3 Å². The summed E-state index contributed by atoms with van der Waals surface area (Å²) < 4.78 is 47.6. The topological polar surface area (TPSA) is 61.2 Å². The number of methoxy groups -OCH3 is 1. The zero-order valence-electron chi connectivity index (χ0n) is 22.0. The molecule has 4 aromatic carbocycles. The number of rotatable bonds is 7. The van der Waals surface area contributed by atoms with Crippen LogP contribution in [-0.4, -0.2) is 22.9 Å². The third kappa shape index (κ3) is 5.56. The summed E-state index contributed by atoms with van der Waals surface area (Å²) >= 11 is 0. The Morgan fingerprint density at radius 3 is 1.76 bits per heavy atom. The van der Waals surface area contributed by atoms with Crippen LogP contribution < -0.4 is 21.5 Å². The Labute approximate surface area is 235 Å². The second-order valence-corrected chi connectivity index (χ2v) is 13.3. The first-order chi connectivity index (χ1) is 19.7. The summed E-state index contributed by atoms with van der Waals surface area (Å²) in [4.78, 5) is 25.3. The first kappa shape index (κ1) is 28.0. The number of carbonyl (C=O) groups is 1. The summed E-state index contributed by atoms with van der Waals surface area (Å²) in [5, 5.41) is 7.74. The van der Waals surface area contributed by atoms with E-state index in [1.165, 1.54) is 22.9 Å². The fraction of sp³-hybridized carbons (Fsp3) is 0.0938. The van der Waals surface area contributed by atoms with Crippen molar-refractivity contribution in [3.63, 3.8) is 0 Å². The van der Waals surface area contributed by atoms with Crippen molar-refractivity contribution in [3.05, 3.63) is 143 Å². The molecular formula is C32H26F3N2O3P. The molecule has 5 nitrogen and oxygen atoms in total. The van der Waals surface area contributed by atoms with E-state index in [1.54, 1.807) is 0 Å². The Bertz CT molecular complexity index is 1630. The molecule has 0 N–H and O–H groups in total. The summed E-state index contributed by atoms with van der Waals surface area (Å²) in [6, 6.07) is 35.8. The van der Waals surface area contributed by atoms with Gasteiger partial charge in [-0.25, -0.2) is 0 Å². The molecule has 0 aliphatic carbocycles. The van der Waals surface area contributed by atoms with Gasteiger partial charge >= 0.3 is 235 Å². The van der Waals surface area contributed by atoms with Crippen LogP contribution in [0.2, 0.25) is 0 Å². The average Bonchev–Trinajstić information content (AvgIpc) is 3.01. The molecule has 0 spiro atoms. The number of hydrogen-bond donors (Lipinski definition) is 0. The van der Waals surface area contributed by atoms with Crippen molar-refractivity contribution in [2.75, 3.05) is 7.11 Å². The SMILES string of the molecule is COC(=O)c1ccc(-c2ccc(=O)n(C[PH](c3ccccc3)(c3ccccc3)c3ccccc3)n2)cc1C(F)(F)F. The van der Waals surface area contributed by atoms with E-state index >= 15 is 0 Å². The minimum absolute atomic E-state index is 0.116. The van der Waals surface area contributed by atoms with Gasteiger partial charge in [0.1, 0.15) is 0 Å². The van der Waals surface area contributed by atoms with E-state index in [0.29, 0.717) is 0 Å². The standard InChI is InChI=1S/C32H26F3N2O3P/c1-40-31(39)27-18-17-23(21-28(27)32(33,34)35)29-19-20-30(38)37(36-29)22-41(24-11-5-2-6-12-24,25-13-7-3-8-14-25)26-15-9-4-10-16-26/h2-21,41H,22H2,1H3.